The molecule has 0 aliphatic heterocycles. The van der Waals surface area contributed by atoms with Crippen LogP contribution in [0, 0.1) is 31.1 Å². The number of nitrogens with zero attached hydrogens (tertiary/aromatic N) is 4. The zero-order valence-electron chi connectivity index (χ0n) is 26.9. The molecule has 0 spiro atoms. The molecule has 2 N–H and O–H groups in total. The number of alkyl halides is 3. The summed E-state index contributed by atoms with van der Waals surface area (Å²) in [5, 5.41) is 15.7. The van der Waals surface area contributed by atoms with E-state index in [4.69, 9.17) is 17.5 Å². The number of carbonyl (C=O) groups excluding carboxylic acids is 1. The van der Waals surface area contributed by atoms with Gasteiger partial charge in [0.25, 0.3) is 0 Å². The zero-order chi connectivity index (χ0) is 34.1. The number of rotatable bonds is 12. The van der Waals surface area contributed by atoms with Crippen LogP contribution in [0.15, 0.2) is 79.3 Å². The molecule has 0 bridgehead atoms. The van der Waals surface area contributed by atoms with Gasteiger partial charge in [-0.15, -0.1) is 0 Å². The van der Waals surface area contributed by atoms with Crippen LogP contribution in [-0.2, 0) is 30.5 Å². The Kier molecular flexibility index (Phi) is 11.8. The van der Waals surface area contributed by atoms with Gasteiger partial charge < -0.3 is 20.1 Å². The summed E-state index contributed by atoms with van der Waals surface area (Å²) in [5.41, 5.74) is 4.48. The first-order valence-corrected chi connectivity index (χ1v) is 15.8. The molecule has 4 rings (SSSR count). The summed E-state index contributed by atoms with van der Waals surface area (Å²) in [6.45, 7) is 8.60. The maximum absolute atomic E-state index is 14.0. The number of aryl methyl sites for hydroxylation is 2. The Morgan fingerprint density at radius 1 is 1.06 bits per heavy atom. The van der Waals surface area contributed by atoms with Crippen molar-refractivity contribution in [3.8, 4) is 6.07 Å². The maximum atomic E-state index is 14.0. The zero-order valence-corrected chi connectivity index (χ0v) is 27.8. The van der Waals surface area contributed by atoms with Crippen LogP contribution < -0.4 is 10.6 Å². The van der Waals surface area contributed by atoms with E-state index >= 15 is 0 Å². The van der Waals surface area contributed by atoms with E-state index in [0.717, 1.165) is 28.4 Å². The fourth-order valence-corrected chi connectivity index (χ4v) is 5.61. The van der Waals surface area contributed by atoms with Crippen molar-refractivity contribution in [3.63, 3.8) is 0 Å². The molecule has 0 unspecified atom stereocenters. The summed E-state index contributed by atoms with van der Waals surface area (Å²) < 4.78 is 43.8. The van der Waals surface area contributed by atoms with Crippen LogP contribution in [-0.4, -0.2) is 38.1 Å². The van der Waals surface area contributed by atoms with Gasteiger partial charge in [-0.3, -0.25) is 4.79 Å². The molecule has 3 aromatic carbocycles. The minimum atomic E-state index is -4.53. The highest BCUT2D eigenvalue weighted by Gasteiger charge is 2.34. The van der Waals surface area contributed by atoms with E-state index in [1.807, 2.05) is 62.6 Å². The molecule has 7 nitrogen and oxygen atoms in total. The molecule has 0 radical (unpaired) electrons. The normalized spacial score (nSPS) is 12.0. The van der Waals surface area contributed by atoms with Crippen LogP contribution in [0.5, 0.6) is 0 Å². The van der Waals surface area contributed by atoms with E-state index in [9.17, 15) is 18.0 Å². The number of nitriles is 1. The average molecular weight is 661 g/mol. The highest BCUT2D eigenvalue weighted by molar-refractivity contribution is 7.80. The molecule has 1 atom stereocenters. The lowest BCUT2D eigenvalue weighted by Crippen LogP contribution is -2.47. The minimum Gasteiger partial charge on any atom is -0.351 e. The Balaban J connectivity index is 1.54. The van der Waals surface area contributed by atoms with Crippen molar-refractivity contribution in [1.29, 1.82) is 5.26 Å². The van der Waals surface area contributed by atoms with Gasteiger partial charge in [0.15, 0.2) is 5.11 Å². The predicted molar refractivity (Wildman–Crippen MR) is 182 cm³/mol. The van der Waals surface area contributed by atoms with Crippen LogP contribution in [0.25, 0.3) is 0 Å². The predicted octanol–water partition coefficient (Wildman–Crippen LogP) is 7.41. The molecule has 0 fully saturated rings. The number of nitrogens with one attached hydrogen (secondary N) is 2. The first-order valence-electron chi connectivity index (χ1n) is 15.4. The molecule has 11 heteroatoms. The largest absolute Gasteiger partial charge is 0.416 e. The van der Waals surface area contributed by atoms with Crippen molar-refractivity contribution in [1.82, 2.24) is 19.8 Å². The van der Waals surface area contributed by atoms with Gasteiger partial charge in [0.05, 0.1) is 29.9 Å². The third-order valence-electron chi connectivity index (χ3n) is 7.87. The number of aromatic nitrogens is 2. The fourth-order valence-electron chi connectivity index (χ4n) is 5.36. The van der Waals surface area contributed by atoms with Gasteiger partial charge in [-0.1, -0.05) is 50.2 Å². The van der Waals surface area contributed by atoms with Gasteiger partial charge in [0.1, 0.15) is 0 Å². The lowest BCUT2D eigenvalue weighted by Gasteiger charge is -2.32. The Hall–Kier alpha value is -4.69. The summed E-state index contributed by atoms with van der Waals surface area (Å²) >= 11 is 5.79. The highest BCUT2D eigenvalue weighted by atomic mass is 32.1. The monoisotopic (exact) mass is 660 g/mol. The number of halogens is 3. The van der Waals surface area contributed by atoms with Gasteiger partial charge in [0.2, 0.25) is 5.91 Å². The SMILES string of the molecule is Cc1ccc(NC(=S)N(Cc2ccccc2C(F)(F)F)C[C@H](CC(C)C)NC(=O)Cc2cncn2Cc2ccc(C#N)cc2)cc1C. The van der Waals surface area contributed by atoms with Crippen molar-refractivity contribution in [2.75, 3.05) is 11.9 Å². The van der Waals surface area contributed by atoms with Crippen molar-refractivity contribution in [3.05, 3.63) is 118 Å². The first kappa shape index (κ1) is 35.2. The van der Waals surface area contributed by atoms with Gasteiger partial charge in [-0.2, -0.15) is 18.4 Å². The Bertz CT molecular complexity index is 1730. The van der Waals surface area contributed by atoms with Crippen LogP contribution in [0.4, 0.5) is 18.9 Å². The summed E-state index contributed by atoms with van der Waals surface area (Å²) in [4.78, 5) is 19.4. The number of hydrogen-bond acceptors (Lipinski definition) is 4. The maximum Gasteiger partial charge on any atom is 0.416 e. The number of thiocarbonyl (C=S) groups is 1. The summed E-state index contributed by atoms with van der Waals surface area (Å²) in [6.07, 6.45) is -0.586. The standard InChI is InChI=1S/C36H39F3N6OS/c1-24(2)15-31(42-34(46)17-32-19-41-23-45(32)20-28-12-10-27(18-40)11-13-28)22-44(21-29-7-5-6-8-33(29)36(37,38)39)35(47)43-30-14-9-25(3)26(4)16-30/h5-14,16,19,23-24,31H,15,17,20-22H2,1-4H3,(H,42,46)(H,43,47)/t31-/m0/s1. The molecule has 246 valence electrons. The van der Waals surface area contributed by atoms with E-state index in [2.05, 4.69) is 21.7 Å². The number of anilines is 1. The van der Waals surface area contributed by atoms with Crippen LogP contribution >= 0.6 is 12.2 Å². The van der Waals surface area contributed by atoms with Gasteiger partial charge in [-0.05, 0) is 91.0 Å². The highest BCUT2D eigenvalue weighted by Crippen LogP contribution is 2.32. The number of benzene rings is 3. The van der Waals surface area contributed by atoms with Crippen molar-refractivity contribution < 1.29 is 18.0 Å². The van der Waals surface area contributed by atoms with Crippen molar-refractivity contribution in [2.24, 2.45) is 5.92 Å². The molecule has 1 aromatic heterocycles. The van der Waals surface area contributed by atoms with Crippen LogP contribution in [0.3, 0.4) is 0 Å². The Morgan fingerprint density at radius 3 is 2.45 bits per heavy atom. The van der Waals surface area contributed by atoms with E-state index in [1.54, 1.807) is 35.6 Å². The smallest absolute Gasteiger partial charge is 0.351 e. The second-order valence-electron chi connectivity index (χ2n) is 12.2. The summed E-state index contributed by atoms with van der Waals surface area (Å²) in [6, 6.07) is 20.2. The Morgan fingerprint density at radius 2 is 1.79 bits per heavy atom. The molecule has 4 aromatic rings. The molecule has 0 saturated carbocycles. The number of carbonyl (C=O) groups is 1. The van der Waals surface area contributed by atoms with Crippen LogP contribution in [0.2, 0.25) is 0 Å². The lowest BCUT2D eigenvalue weighted by atomic mass is 10.0. The Labute approximate surface area is 279 Å². The number of imidazole rings is 1. The number of hydrogen-bond donors (Lipinski definition) is 2. The van der Waals surface area contributed by atoms with Gasteiger partial charge in [-0.25, -0.2) is 4.98 Å². The molecule has 0 saturated heterocycles. The van der Waals surface area contributed by atoms with Crippen LogP contribution in [0.1, 0.15) is 59.3 Å². The summed E-state index contributed by atoms with van der Waals surface area (Å²) in [5.74, 6) is -0.0475. The third-order valence-corrected chi connectivity index (χ3v) is 8.23. The van der Waals surface area contributed by atoms with Crippen molar-refractivity contribution in [2.45, 2.75) is 65.8 Å². The second kappa shape index (κ2) is 15.7. The fraction of sp³-hybridized carbons (Fsp3) is 0.333. The van der Waals surface area contributed by atoms with Crippen molar-refractivity contribution >= 4 is 28.9 Å². The van der Waals surface area contributed by atoms with E-state index in [1.165, 1.54) is 12.1 Å². The molecular weight excluding hydrogens is 621 g/mol. The van der Waals surface area contributed by atoms with E-state index in [0.29, 0.717) is 24.2 Å². The molecule has 0 aliphatic carbocycles. The second-order valence-corrected chi connectivity index (χ2v) is 12.5. The topological polar surface area (TPSA) is 86.0 Å². The molecule has 0 aliphatic rings. The minimum absolute atomic E-state index is 0.0626. The quantitative estimate of drug-likeness (QED) is 0.154. The van der Waals surface area contributed by atoms with Gasteiger partial charge >= 0.3 is 6.18 Å². The molecule has 1 amide bonds. The average Bonchev–Trinajstić information content (AvgIpc) is 3.44. The van der Waals surface area contributed by atoms with Gasteiger partial charge in [0, 0.05) is 43.3 Å². The van der Waals surface area contributed by atoms with E-state index < -0.39 is 17.8 Å². The summed E-state index contributed by atoms with van der Waals surface area (Å²) in [7, 11) is 0. The first-order chi connectivity index (χ1) is 22.3. The lowest BCUT2D eigenvalue weighted by molar-refractivity contribution is -0.138. The van der Waals surface area contributed by atoms with E-state index in [-0.39, 0.29) is 42.0 Å². The molecule has 47 heavy (non-hydrogen) atoms. The molecular formula is C36H39F3N6OS. The molecule has 1 heterocycles. The number of amides is 1. The third kappa shape index (κ3) is 10.1.